The summed E-state index contributed by atoms with van der Waals surface area (Å²) in [6, 6.07) is 6.57. The zero-order chi connectivity index (χ0) is 29.3. The van der Waals surface area contributed by atoms with Gasteiger partial charge in [-0.3, -0.25) is 4.90 Å². The Labute approximate surface area is 235 Å². The van der Waals surface area contributed by atoms with Crippen LogP contribution in [0.2, 0.25) is 0 Å². The van der Waals surface area contributed by atoms with E-state index < -0.39 is 32.1 Å². The van der Waals surface area contributed by atoms with Gasteiger partial charge in [-0.05, 0) is 42.8 Å². The molecule has 2 aromatic heterocycles. The Kier molecular flexibility index (Phi) is 8.00. The Balaban J connectivity index is 1.61. The van der Waals surface area contributed by atoms with E-state index in [0.29, 0.717) is 59.8 Å². The first kappa shape index (κ1) is 28.5. The van der Waals surface area contributed by atoms with Gasteiger partial charge >= 0.3 is 0 Å². The molecule has 1 fully saturated rings. The summed E-state index contributed by atoms with van der Waals surface area (Å²) in [4.78, 5) is 14.3. The number of benzene rings is 2. The van der Waals surface area contributed by atoms with E-state index in [1.54, 1.807) is 19.1 Å². The molecular formula is C27H28F2N6O5S. The number of anilines is 1. The van der Waals surface area contributed by atoms with Crippen molar-refractivity contribution in [2.45, 2.75) is 11.8 Å². The maximum Gasteiger partial charge on any atom is 0.240 e. The molecule has 0 spiro atoms. The number of halogens is 2. The maximum atomic E-state index is 15.4. The van der Waals surface area contributed by atoms with Crippen LogP contribution in [0.5, 0.6) is 11.6 Å². The fraction of sp³-hybridized carbons (Fsp3) is 0.296. The van der Waals surface area contributed by atoms with Gasteiger partial charge in [-0.15, -0.1) is 0 Å². The molecule has 0 radical (unpaired) electrons. The molecule has 41 heavy (non-hydrogen) atoms. The summed E-state index contributed by atoms with van der Waals surface area (Å²) in [5, 5.41) is 5.80. The van der Waals surface area contributed by atoms with Crippen LogP contribution in [0.15, 0.2) is 41.4 Å². The fourth-order valence-corrected chi connectivity index (χ4v) is 5.32. The number of primary sulfonamides is 1. The fourth-order valence-electron chi connectivity index (χ4n) is 4.71. The van der Waals surface area contributed by atoms with Gasteiger partial charge in [-0.25, -0.2) is 37.3 Å². The highest BCUT2D eigenvalue weighted by Crippen LogP contribution is 2.39. The highest BCUT2D eigenvalue weighted by atomic mass is 32.2. The van der Waals surface area contributed by atoms with Gasteiger partial charge < -0.3 is 19.9 Å². The first-order chi connectivity index (χ1) is 19.6. The number of hydrogen-bond donors (Lipinski definition) is 2. The number of nitrogens with zero attached hydrogens (tertiary/aromatic N) is 4. The molecule has 0 amide bonds. The lowest BCUT2D eigenvalue weighted by Gasteiger charge is -2.26. The number of pyridine rings is 1. The minimum Gasteiger partial charge on any atom is -0.490 e. The van der Waals surface area contributed by atoms with Crippen LogP contribution in [0.4, 0.5) is 14.7 Å². The third-order valence-electron chi connectivity index (χ3n) is 6.75. The van der Waals surface area contributed by atoms with Gasteiger partial charge in [0.05, 0.1) is 37.1 Å². The molecule has 1 saturated heterocycles. The van der Waals surface area contributed by atoms with Gasteiger partial charge in [0.1, 0.15) is 28.6 Å². The van der Waals surface area contributed by atoms with Crippen molar-refractivity contribution in [1.29, 1.82) is 0 Å². The van der Waals surface area contributed by atoms with E-state index in [9.17, 15) is 12.8 Å². The lowest BCUT2D eigenvalue weighted by atomic mass is 9.99. The lowest BCUT2D eigenvalue weighted by molar-refractivity contribution is 0.0323. The Bertz CT molecular complexity index is 1730. The smallest absolute Gasteiger partial charge is 0.240 e. The first-order valence-electron chi connectivity index (χ1n) is 12.6. The van der Waals surface area contributed by atoms with Crippen molar-refractivity contribution in [1.82, 2.24) is 19.9 Å². The van der Waals surface area contributed by atoms with Crippen LogP contribution in [-0.2, 0) is 14.8 Å². The quantitative estimate of drug-likeness (QED) is 0.315. The van der Waals surface area contributed by atoms with Crippen molar-refractivity contribution < 1.29 is 31.4 Å². The van der Waals surface area contributed by atoms with Crippen molar-refractivity contribution in [3.8, 4) is 33.9 Å². The average Bonchev–Trinajstić information content (AvgIpc) is 2.93. The lowest BCUT2D eigenvalue weighted by Crippen LogP contribution is -2.38. The molecule has 216 valence electrons. The minimum absolute atomic E-state index is 0.0925. The monoisotopic (exact) mass is 586 g/mol. The molecule has 2 aromatic carbocycles. The molecule has 4 N–H and O–H groups in total. The van der Waals surface area contributed by atoms with Gasteiger partial charge in [0.15, 0.2) is 5.82 Å². The summed E-state index contributed by atoms with van der Waals surface area (Å²) in [6.07, 6.45) is 1.47. The molecule has 1 aliphatic heterocycles. The summed E-state index contributed by atoms with van der Waals surface area (Å²) in [5.41, 5.74) is 7.32. The summed E-state index contributed by atoms with van der Waals surface area (Å²) < 4.78 is 71.0. The van der Waals surface area contributed by atoms with Crippen molar-refractivity contribution >= 4 is 26.9 Å². The Morgan fingerprint density at radius 2 is 1.85 bits per heavy atom. The third-order valence-corrected chi connectivity index (χ3v) is 7.68. The number of hydrogen-bond acceptors (Lipinski definition) is 10. The molecule has 4 aromatic rings. The minimum atomic E-state index is -4.47. The molecule has 0 aliphatic carbocycles. The second kappa shape index (κ2) is 11.5. The first-order valence-corrected chi connectivity index (χ1v) is 14.2. The standard InChI is InChI=1S/C27H28F2N6O5S/c1-15-18-11-16(13-21(25(18)34-27(30)33-15)40-10-7-35-5-8-39-9-6-35)17-12-19(26(38-2)32-14-17)23-20(28)3-4-22(24(23)29)41(31,36)37/h3-4,11-14H,5-10H2,1-2H3,(H2,30,33,34)(H2,31,36,37). The van der Waals surface area contributed by atoms with Crippen LogP contribution < -0.4 is 20.3 Å². The van der Waals surface area contributed by atoms with Crippen LogP contribution in [0.25, 0.3) is 33.2 Å². The second-order valence-electron chi connectivity index (χ2n) is 9.40. The molecule has 1 aliphatic rings. The highest BCUT2D eigenvalue weighted by Gasteiger charge is 2.25. The summed E-state index contributed by atoms with van der Waals surface area (Å²) in [5.74, 6) is -1.95. The largest absolute Gasteiger partial charge is 0.490 e. The van der Waals surface area contributed by atoms with Gasteiger partial charge in [0.25, 0.3) is 0 Å². The number of morpholine rings is 1. The topological polar surface area (TPSA) is 156 Å². The molecule has 3 heterocycles. The van der Waals surface area contributed by atoms with Crippen molar-refractivity contribution in [2.75, 3.05) is 52.3 Å². The molecule has 14 heteroatoms. The number of methoxy groups -OCH3 is 1. The summed E-state index contributed by atoms with van der Waals surface area (Å²) in [6.45, 7) is 5.75. The summed E-state index contributed by atoms with van der Waals surface area (Å²) in [7, 11) is -3.19. The Morgan fingerprint density at radius 3 is 2.56 bits per heavy atom. The van der Waals surface area contributed by atoms with E-state index in [1.165, 1.54) is 19.4 Å². The zero-order valence-electron chi connectivity index (χ0n) is 22.4. The van der Waals surface area contributed by atoms with Crippen LogP contribution in [0.1, 0.15) is 5.69 Å². The number of aromatic nitrogens is 3. The number of sulfonamides is 1. The van der Waals surface area contributed by atoms with Crippen molar-refractivity contribution in [2.24, 2.45) is 5.14 Å². The number of rotatable bonds is 8. The number of fused-ring (bicyclic) bond motifs is 1. The molecule has 5 rings (SSSR count). The molecule has 0 unspecified atom stereocenters. The summed E-state index contributed by atoms with van der Waals surface area (Å²) >= 11 is 0. The predicted molar refractivity (Wildman–Crippen MR) is 148 cm³/mol. The third kappa shape index (κ3) is 5.91. The Morgan fingerprint density at radius 1 is 1.10 bits per heavy atom. The molecule has 0 atom stereocenters. The highest BCUT2D eigenvalue weighted by molar-refractivity contribution is 7.89. The van der Waals surface area contributed by atoms with Gasteiger partial charge in [-0.2, -0.15) is 0 Å². The predicted octanol–water partition coefficient (Wildman–Crippen LogP) is 2.89. The second-order valence-corrected chi connectivity index (χ2v) is 10.9. The van der Waals surface area contributed by atoms with E-state index in [2.05, 4.69) is 19.9 Å². The molecule has 0 bridgehead atoms. The van der Waals surface area contributed by atoms with E-state index >= 15 is 4.39 Å². The average molecular weight is 587 g/mol. The molecule has 11 nitrogen and oxygen atoms in total. The number of aryl methyl sites for hydroxylation is 1. The SMILES string of the molecule is COc1ncc(-c2cc(OCCN3CCOCC3)c3nc(N)nc(C)c3c2)cc1-c1c(F)ccc(S(N)(=O)=O)c1F. The zero-order valence-corrected chi connectivity index (χ0v) is 23.2. The molecule has 0 saturated carbocycles. The van der Waals surface area contributed by atoms with Crippen LogP contribution >= 0.6 is 0 Å². The number of ether oxygens (including phenoxy) is 3. The maximum absolute atomic E-state index is 15.4. The van der Waals surface area contributed by atoms with Gasteiger partial charge in [-0.1, -0.05) is 0 Å². The van der Waals surface area contributed by atoms with Gasteiger partial charge in [0, 0.05) is 36.8 Å². The van der Waals surface area contributed by atoms with E-state index in [4.69, 9.17) is 25.1 Å². The normalized spacial score (nSPS) is 14.4. The van der Waals surface area contributed by atoms with Crippen molar-refractivity contribution in [3.63, 3.8) is 0 Å². The number of nitrogens with two attached hydrogens (primary N) is 2. The van der Waals surface area contributed by atoms with Crippen molar-refractivity contribution in [3.05, 3.63) is 53.9 Å². The van der Waals surface area contributed by atoms with Gasteiger partial charge in [0.2, 0.25) is 21.9 Å². The Hall–Kier alpha value is -3.98. The van der Waals surface area contributed by atoms with E-state index in [-0.39, 0.29) is 17.4 Å². The molecular weight excluding hydrogens is 558 g/mol. The van der Waals surface area contributed by atoms with Crippen LogP contribution in [0, 0.1) is 18.6 Å². The van der Waals surface area contributed by atoms with Crippen LogP contribution in [0.3, 0.4) is 0 Å². The van der Waals surface area contributed by atoms with E-state index in [0.717, 1.165) is 25.2 Å². The van der Waals surface area contributed by atoms with Crippen LogP contribution in [-0.4, -0.2) is 74.8 Å². The van der Waals surface area contributed by atoms with E-state index in [1.807, 2.05) is 0 Å². The number of nitrogen functional groups attached to an aromatic ring is 1.